The lowest BCUT2D eigenvalue weighted by Gasteiger charge is -2.25. The summed E-state index contributed by atoms with van der Waals surface area (Å²) in [6.07, 6.45) is 7.21. The van der Waals surface area contributed by atoms with Crippen molar-refractivity contribution in [3.63, 3.8) is 0 Å². The van der Waals surface area contributed by atoms with Gasteiger partial charge in [0, 0.05) is 24.0 Å². The number of thiazole rings is 1. The zero-order valence-corrected chi connectivity index (χ0v) is 17.4. The third kappa shape index (κ3) is 3.77. The van der Waals surface area contributed by atoms with Crippen LogP contribution in [0.25, 0.3) is 16.8 Å². The molecule has 0 unspecified atom stereocenters. The number of aromatic nitrogens is 1. The van der Waals surface area contributed by atoms with Crippen LogP contribution in [-0.4, -0.2) is 30.8 Å². The number of hydrogen-bond acceptors (Lipinski definition) is 5. The summed E-state index contributed by atoms with van der Waals surface area (Å²) in [7, 11) is -3.42. The molecule has 146 valence electrons. The summed E-state index contributed by atoms with van der Waals surface area (Å²) in [6, 6.07) is 9.28. The highest BCUT2D eigenvalue weighted by molar-refractivity contribution is 7.89. The molecule has 0 spiro atoms. The predicted octanol–water partition coefficient (Wildman–Crippen LogP) is 4.84. The van der Waals surface area contributed by atoms with E-state index in [2.05, 4.69) is 11.1 Å². The molecule has 5 nitrogen and oxygen atoms in total. The Morgan fingerprint density at radius 2 is 1.71 bits per heavy atom. The Morgan fingerprint density at radius 3 is 2.36 bits per heavy atom. The lowest BCUT2D eigenvalue weighted by molar-refractivity contribution is 0.346. The van der Waals surface area contributed by atoms with Crippen molar-refractivity contribution >= 4 is 26.9 Å². The quantitative estimate of drug-likeness (QED) is 0.673. The number of piperidine rings is 1. The monoisotopic (exact) mass is 413 g/mol. The lowest BCUT2D eigenvalue weighted by atomic mass is 10.1. The summed E-state index contributed by atoms with van der Waals surface area (Å²) in [6.45, 7) is 1.20. The minimum atomic E-state index is -3.42. The minimum Gasteiger partial charge on any atom is -0.235 e. The maximum atomic E-state index is 12.8. The first-order valence-corrected chi connectivity index (χ1v) is 12.1. The Labute approximate surface area is 170 Å². The fourth-order valence-electron chi connectivity index (χ4n) is 3.90. The van der Waals surface area contributed by atoms with Crippen LogP contribution >= 0.6 is 11.3 Å². The first-order valence-electron chi connectivity index (χ1n) is 9.78. The van der Waals surface area contributed by atoms with Crippen LogP contribution in [0.15, 0.2) is 40.1 Å². The van der Waals surface area contributed by atoms with Crippen molar-refractivity contribution in [1.82, 2.24) is 9.29 Å². The Bertz CT molecular complexity index is 1020. The number of nitrogens with zero attached hydrogens (tertiary/aromatic N) is 3. The van der Waals surface area contributed by atoms with Gasteiger partial charge in [-0.25, -0.2) is 13.4 Å². The fourth-order valence-corrected chi connectivity index (χ4v) is 6.29. The lowest BCUT2D eigenvalue weighted by Crippen LogP contribution is -2.35. The molecule has 1 saturated heterocycles. The van der Waals surface area contributed by atoms with Gasteiger partial charge in [0.2, 0.25) is 10.0 Å². The third-order valence-electron chi connectivity index (χ3n) is 5.49. The highest BCUT2D eigenvalue weighted by Crippen LogP contribution is 2.34. The van der Waals surface area contributed by atoms with Crippen molar-refractivity contribution < 1.29 is 8.42 Å². The van der Waals surface area contributed by atoms with Gasteiger partial charge in [0.05, 0.1) is 16.2 Å². The summed E-state index contributed by atoms with van der Waals surface area (Å²) in [5.74, 6) is 0. The number of allylic oxidation sites excluding steroid dienone is 2. The molecular weight excluding hydrogens is 390 g/mol. The zero-order chi connectivity index (χ0) is 19.6. The summed E-state index contributed by atoms with van der Waals surface area (Å²) < 4.78 is 27.2. The van der Waals surface area contributed by atoms with Crippen molar-refractivity contribution in [2.24, 2.45) is 0 Å². The highest BCUT2D eigenvalue weighted by Gasteiger charge is 2.26. The molecule has 1 aliphatic heterocycles. The van der Waals surface area contributed by atoms with Gasteiger partial charge in [0.15, 0.2) is 0 Å². The molecule has 0 amide bonds. The van der Waals surface area contributed by atoms with Crippen LogP contribution in [0, 0.1) is 11.3 Å². The van der Waals surface area contributed by atoms with Crippen molar-refractivity contribution in [2.45, 2.75) is 49.8 Å². The molecule has 0 N–H and O–H groups in total. The van der Waals surface area contributed by atoms with Crippen LogP contribution in [0.1, 0.15) is 50.0 Å². The topological polar surface area (TPSA) is 74.1 Å². The van der Waals surface area contributed by atoms with Gasteiger partial charge < -0.3 is 0 Å². The van der Waals surface area contributed by atoms with Gasteiger partial charge >= 0.3 is 0 Å². The second-order valence-electron chi connectivity index (χ2n) is 7.32. The van der Waals surface area contributed by atoms with E-state index in [9.17, 15) is 13.7 Å². The Morgan fingerprint density at radius 1 is 1.04 bits per heavy atom. The Balaban J connectivity index is 1.57. The molecule has 4 rings (SSSR count). The van der Waals surface area contributed by atoms with E-state index in [-0.39, 0.29) is 0 Å². The minimum absolute atomic E-state index is 0.333. The molecular formula is C21H23N3O2S2. The Kier molecular flexibility index (Phi) is 5.63. The molecule has 2 fully saturated rings. The van der Waals surface area contributed by atoms with Gasteiger partial charge in [-0.1, -0.05) is 18.6 Å². The van der Waals surface area contributed by atoms with Gasteiger partial charge in [0.25, 0.3) is 0 Å². The molecule has 1 saturated carbocycles. The van der Waals surface area contributed by atoms with E-state index >= 15 is 0 Å². The third-order valence-corrected chi connectivity index (χ3v) is 8.27. The zero-order valence-electron chi connectivity index (χ0n) is 15.7. The van der Waals surface area contributed by atoms with Crippen LogP contribution in [0.3, 0.4) is 0 Å². The van der Waals surface area contributed by atoms with E-state index in [0.717, 1.165) is 66.8 Å². The van der Waals surface area contributed by atoms with Gasteiger partial charge in [-0.05, 0) is 56.2 Å². The molecule has 0 radical (unpaired) electrons. The first-order chi connectivity index (χ1) is 13.6. The van der Waals surface area contributed by atoms with Crippen molar-refractivity contribution in [3.05, 3.63) is 40.2 Å². The molecule has 1 aromatic carbocycles. The van der Waals surface area contributed by atoms with Crippen LogP contribution < -0.4 is 0 Å². The average Bonchev–Trinajstić information content (AvgIpc) is 3.42. The molecule has 1 aliphatic carbocycles. The number of hydrogen-bond donors (Lipinski definition) is 0. The van der Waals surface area contributed by atoms with Gasteiger partial charge in [-0.3, -0.25) is 0 Å². The largest absolute Gasteiger partial charge is 0.243 e. The molecule has 2 aliphatic rings. The van der Waals surface area contributed by atoms with Crippen molar-refractivity contribution in [2.75, 3.05) is 13.1 Å². The molecule has 0 bridgehead atoms. The van der Waals surface area contributed by atoms with Crippen molar-refractivity contribution in [3.8, 4) is 17.3 Å². The number of rotatable bonds is 4. The normalized spacial score (nSPS) is 18.2. The number of sulfonamides is 1. The molecule has 28 heavy (non-hydrogen) atoms. The summed E-state index contributed by atoms with van der Waals surface area (Å²) in [5.41, 5.74) is 3.59. The number of benzene rings is 1. The van der Waals surface area contributed by atoms with Crippen LogP contribution in [-0.2, 0) is 10.0 Å². The summed E-state index contributed by atoms with van der Waals surface area (Å²) in [5, 5.41) is 12.3. The van der Waals surface area contributed by atoms with Crippen molar-refractivity contribution in [1.29, 1.82) is 5.26 Å². The average molecular weight is 414 g/mol. The second-order valence-corrected chi connectivity index (χ2v) is 10.1. The molecule has 1 aromatic heterocycles. The van der Waals surface area contributed by atoms with E-state index in [4.69, 9.17) is 0 Å². The van der Waals surface area contributed by atoms with E-state index in [1.165, 1.54) is 16.9 Å². The van der Waals surface area contributed by atoms with E-state index in [1.807, 2.05) is 17.5 Å². The maximum Gasteiger partial charge on any atom is 0.243 e. The van der Waals surface area contributed by atoms with Crippen LogP contribution in [0.2, 0.25) is 0 Å². The second kappa shape index (κ2) is 8.16. The fraction of sp³-hybridized carbons (Fsp3) is 0.429. The molecule has 0 atom stereocenters. The first kappa shape index (κ1) is 19.3. The maximum absolute atomic E-state index is 12.8. The summed E-state index contributed by atoms with van der Waals surface area (Å²) >= 11 is 1.48. The Hall–Kier alpha value is -2.01. The molecule has 2 heterocycles. The van der Waals surface area contributed by atoms with Crippen LogP contribution in [0.5, 0.6) is 0 Å². The summed E-state index contributed by atoms with van der Waals surface area (Å²) in [4.78, 5) is 4.99. The SMILES string of the molecule is N#CC(=C1CCCC1)c1nc(-c2ccc(S(=O)(=O)N3CCCCC3)cc2)cs1. The van der Waals surface area contributed by atoms with E-state index in [1.54, 1.807) is 16.4 Å². The highest BCUT2D eigenvalue weighted by atomic mass is 32.2. The van der Waals surface area contributed by atoms with Crippen LogP contribution in [0.4, 0.5) is 0 Å². The molecule has 2 aromatic rings. The standard InChI is InChI=1S/C21H23N3O2S2/c22-14-19(16-6-2-3-7-16)21-23-20(15-27-21)17-8-10-18(11-9-17)28(25,26)24-12-4-1-5-13-24/h8-11,15H,1-7,12-13H2. The smallest absolute Gasteiger partial charge is 0.235 e. The van der Waals surface area contributed by atoms with Gasteiger partial charge in [0.1, 0.15) is 11.1 Å². The van der Waals surface area contributed by atoms with E-state index in [0.29, 0.717) is 18.0 Å². The molecule has 7 heteroatoms. The predicted molar refractivity (Wildman–Crippen MR) is 111 cm³/mol. The van der Waals surface area contributed by atoms with Gasteiger partial charge in [-0.15, -0.1) is 11.3 Å². The van der Waals surface area contributed by atoms with Gasteiger partial charge in [-0.2, -0.15) is 9.57 Å². The van der Waals surface area contributed by atoms with E-state index < -0.39 is 10.0 Å². The number of nitriles is 1.